The number of carbonyl (C=O) groups excluding carboxylic acids is 2. The number of ether oxygens (including phenoxy) is 2. The average molecular weight is 366 g/mol. The van der Waals surface area contributed by atoms with Gasteiger partial charge in [-0.25, -0.2) is 0 Å². The monoisotopic (exact) mass is 365 g/mol. The first-order valence-corrected chi connectivity index (χ1v) is 7.92. The maximum Gasteiger partial charge on any atom is 0.620 e. The molecule has 9 nitrogen and oxygen atoms in total. The Balaban J connectivity index is 2.08. The molecule has 0 amide bonds. The summed E-state index contributed by atoms with van der Waals surface area (Å²) in [5.74, 6) is -2.33. The molecule has 2 aliphatic rings. The molecule has 2 heterocycles. The summed E-state index contributed by atoms with van der Waals surface area (Å²) >= 11 is 6.14. The summed E-state index contributed by atoms with van der Waals surface area (Å²) in [6.45, 7) is 2.94. The molecule has 136 valence electrons. The molecule has 2 aliphatic heterocycles. The van der Waals surface area contributed by atoms with Gasteiger partial charge in [0.2, 0.25) is 0 Å². The van der Waals surface area contributed by atoms with Crippen LogP contribution in [-0.2, 0) is 28.4 Å². The van der Waals surface area contributed by atoms with E-state index in [-0.39, 0.29) is 19.7 Å². The van der Waals surface area contributed by atoms with Crippen LogP contribution >= 0.6 is 11.6 Å². The summed E-state index contributed by atoms with van der Waals surface area (Å²) in [5, 5.41) is 19.1. The standard InChI is InChI=1S/C13H21BClNO8/c1-13(2)21-6-7(17)11(22-13)10(20)12(15)14-23-8(18)4-16(3)5-9(19)24-14/h7,10-12,17,20H,4-6H2,1-3H3/t7?,10?,11-,12?/m1/s1. The first-order valence-electron chi connectivity index (χ1n) is 7.48. The van der Waals surface area contributed by atoms with E-state index < -0.39 is 48.4 Å². The molecule has 0 radical (unpaired) electrons. The van der Waals surface area contributed by atoms with Gasteiger partial charge in [-0.2, -0.15) is 0 Å². The predicted molar refractivity (Wildman–Crippen MR) is 82.0 cm³/mol. The van der Waals surface area contributed by atoms with Gasteiger partial charge in [-0.15, -0.1) is 11.6 Å². The summed E-state index contributed by atoms with van der Waals surface area (Å²) < 4.78 is 20.8. The third-order valence-electron chi connectivity index (χ3n) is 3.62. The van der Waals surface area contributed by atoms with Crippen molar-refractivity contribution in [3.05, 3.63) is 0 Å². The molecular weight excluding hydrogens is 344 g/mol. The Kier molecular flexibility index (Phi) is 6.11. The van der Waals surface area contributed by atoms with E-state index >= 15 is 0 Å². The van der Waals surface area contributed by atoms with Gasteiger partial charge in [-0.1, -0.05) is 0 Å². The first-order chi connectivity index (χ1) is 11.1. The Morgan fingerprint density at radius 3 is 2.38 bits per heavy atom. The van der Waals surface area contributed by atoms with Gasteiger partial charge in [0.1, 0.15) is 23.6 Å². The van der Waals surface area contributed by atoms with Crippen LogP contribution in [0.5, 0.6) is 0 Å². The Morgan fingerprint density at radius 2 is 1.83 bits per heavy atom. The van der Waals surface area contributed by atoms with E-state index in [4.69, 9.17) is 30.4 Å². The molecule has 2 rings (SSSR count). The summed E-state index contributed by atoms with van der Waals surface area (Å²) in [4.78, 5) is 24.9. The molecule has 0 saturated carbocycles. The van der Waals surface area contributed by atoms with Crippen LogP contribution < -0.4 is 0 Å². The summed E-state index contributed by atoms with van der Waals surface area (Å²) in [6.07, 6.45) is -3.70. The highest BCUT2D eigenvalue weighted by Crippen LogP contribution is 2.27. The molecule has 0 aliphatic carbocycles. The van der Waals surface area contributed by atoms with Gasteiger partial charge in [0, 0.05) is 0 Å². The predicted octanol–water partition coefficient (Wildman–Crippen LogP) is -1.47. The molecule has 0 aromatic carbocycles. The lowest BCUT2D eigenvalue weighted by molar-refractivity contribution is -0.317. The van der Waals surface area contributed by atoms with E-state index in [0.29, 0.717) is 0 Å². The number of nitrogens with zero attached hydrogens (tertiary/aromatic N) is 1. The number of hydrogen-bond acceptors (Lipinski definition) is 9. The fourth-order valence-corrected chi connectivity index (χ4v) is 2.69. The lowest BCUT2D eigenvalue weighted by Crippen LogP contribution is -2.59. The van der Waals surface area contributed by atoms with E-state index in [0.717, 1.165) is 0 Å². The average Bonchev–Trinajstić information content (AvgIpc) is 2.45. The third-order valence-corrected chi connectivity index (χ3v) is 4.08. The van der Waals surface area contributed by atoms with E-state index in [1.807, 2.05) is 0 Å². The second-order valence-electron chi connectivity index (χ2n) is 6.32. The van der Waals surface area contributed by atoms with Crippen molar-refractivity contribution in [1.82, 2.24) is 4.90 Å². The molecule has 0 aromatic heterocycles. The minimum absolute atomic E-state index is 0.0621. The zero-order chi connectivity index (χ0) is 18.1. The van der Waals surface area contributed by atoms with Crippen molar-refractivity contribution in [3.8, 4) is 0 Å². The molecule has 2 N–H and O–H groups in total. The highest BCUT2D eigenvalue weighted by atomic mass is 35.5. The van der Waals surface area contributed by atoms with Crippen LogP contribution in [0.4, 0.5) is 0 Å². The lowest BCUT2D eigenvalue weighted by atomic mass is 9.77. The molecule has 2 saturated heterocycles. The van der Waals surface area contributed by atoms with Gasteiger partial charge >= 0.3 is 19.1 Å². The van der Waals surface area contributed by atoms with Crippen molar-refractivity contribution in [2.24, 2.45) is 0 Å². The van der Waals surface area contributed by atoms with E-state index in [9.17, 15) is 19.8 Å². The number of hydrogen-bond donors (Lipinski definition) is 2. The third kappa shape index (κ3) is 4.81. The van der Waals surface area contributed by atoms with Crippen LogP contribution in [0.3, 0.4) is 0 Å². The van der Waals surface area contributed by atoms with Crippen molar-refractivity contribution < 1.29 is 38.6 Å². The second kappa shape index (κ2) is 7.55. The summed E-state index contributed by atoms with van der Waals surface area (Å²) in [5.41, 5.74) is 0. The summed E-state index contributed by atoms with van der Waals surface area (Å²) in [7, 11) is 0.0709. The molecule has 24 heavy (non-hydrogen) atoms. The van der Waals surface area contributed by atoms with Crippen LogP contribution in [0.2, 0.25) is 0 Å². The zero-order valence-corrected chi connectivity index (χ0v) is 14.4. The van der Waals surface area contributed by atoms with E-state index in [1.54, 1.807) is 20.9 Å². The van der Waals surface area contributed by atoms with Crippen LogP contribution in [-0.4, -0.2) is 90.3 Å². The van der Waals surface area contributed by atoms with Gasteiger partial charge in [0.05, 0.1) is 19.7 Å². The number of aliphatic hydroxyl groups is 2. The highest BCUT2D eigenvalue weighted by molar-refractivity contribution is 6.62. The fourth-order valence-electron chi connectivity index (χ4n) is 2.45. The topological polar surface area (TPSA) is 115 Å². The van der Waals surface area contributed by atoms with Gasteiger partial charge in [-0.05, 0) is 20.9 Å². The molecule has 0 aromatic rings. The number of halogens is 1. The van der Waals surface area contributed by atoms with Gasteiger partial charge in [-0.3, -0.25) is 14.5 Å². The fraction of sp³-hybridized carbons (Fsp3) is 0.846. The molecule has 0 spiro atoms. The number of rotatable bonds is 3. The second-order valence-corrected chi connectivity index (χ2v) is 6.82. The van der Waals surface area contributed by atoms with Crippen LogP contribution in [0.25, 0.3) is 0 Å². The Hall–Kier alpha value is -0.905. The van der Waals surface area contributed by atoms with E-state index in [2.05, 4.69) is 0 Å². The normalized spacial score (nSPS) is 31.5. The molecule has 3 unspecified atom stereocenters. The highest BCUT2D eigenvalue weighted by Gasteiger charge is 2.49. The van der Waals surface area contributed by atoms with Gasteiger partial charge in [0.25, 0.3) is 0 Å². The van der Waals surface area contributed by atoms with Crippen molar-refractivity contribution in [1.29, 1.82) is 0 Å². The van der Waals surface area contributed by atoms with E-state index in [1.165, 1.54) is 4.90 Å². The van der Waals surface area contributed by atoms with Crippen LogP contribution in [0.1, 0.15) is 13.8 Å². The molecule has 4 atom stereocenters. The first kappa shape index (κ1) is 19.4. The lowest BCUT2D eigenvalue weighted by Gasteiger charge is -2.41. The molecular formula is C13H21BClNO8. The molecule has 11 heteroatoms. The maximum absolute atomic E-state index is 11.7. The number of aliphatic hydroxyl groups excluding tert-OH is 2. The van der Waals surface area contributed by atoms with Crippen molar-refractivity contribution in [3.63, 3.8) is 0 Å². The Labute approximate surface area is 144 Å². The largest absolute Gasteiger partial charge is 0.620 e. The van der Waals surface area contributed by atoms with Crippen LogP contribution in [0, 0.1) is 0 Å². The summed E-state index contributed by atoms with van der Waals surface area (Å²) in [6, 6.07) is 0. The number of carbonyl (C=O) groups is 2. The van der Waals surface area contributed by atoms with Crippen LogP contribution in [0.15, 0.2) is 0 Å². The molecule has 2 fully saturated rings. The smallest absolute Gasteiger partial charge is 0.497 e. The minimum Gasteiger partial charge on any atom is -0.497 e. The Bertz CT molecular complexity index is 473. The Morgan fingerprint density at radius 1 is 1.29 bits per heavy atom. The quantitative estimate of drug-likeness (QED) is 0.456. The zero-order valence-electron chi connectivity index (χ0n) is 13.7. The minimum atomic E-state index is -1.49. The van der Waals surface area contributed by atoms with Crippen molar-refractivity contribution in [2.45, 2.75) is 43.2 Å². The van der Waals surface area contributed by atoms with Gasteiger partial charge in [0.15, 0.2) is 5.79 Å². The number of alkyl halides is 1. The number of likely N-dealkylation sites (N-methyl/N-ethyl adjacent to an activating group) is 1. The maximum atomic E-state index is 11.7. The van der Waals surface area contributed by atoms with Gasteiger partial charge < -0.3 is 29.0 Å². The molecule has 0 bridgehead atoms. The SMILES string of the molecule is CN1CC(=O)OB(C(Cl)C(O)[C@@H]2OC(C)(C)OCC2O)OC(=O)C1. The van der Waals surface area contributed by atoms with Crippen molar-refractivity contribution in [2.75, 3.05) is 26.7 Å². The van der Waals surface area contributed by atoms with Crippen molar-refractivity contribution >= 4 is 30.7 Å².